The number of hydrogen-bond donors (Lipinski definition) is 1. The van der Waals surface area contributed by atoms with Crippen LogP contribution in [0.4, 0.5) is 15.2 Å². The fraction of sp³-hybridized carbons (Fsp3) is 0.364. The van der Waals surface area contributed by atoms with Crippen LogP contribution in [0, 0.1) is 5.82 Å². The van der Waals surface area contributed by atoms with E-state index in [1.54, 1.807) is 0 Å². The number of piperazine rings is 1. The van der Waals surface area contributed by atoms with Crippen molar-refractivity contribution < 1.29 is 13.9 Å². The number of aromatic nitrogens is 1. The molecule has 6 nitrogen and oxygen atoms in total. The maximum atomic E-state index is 13.7. The van der Waals surface area contributed by atoms with Crippen molar-refractivity contribution in [3.63, 3.8) is 0 Å². The van der Waals surface area contributed by atoms with Gasteiger partial charge in [-0.3, -0.25) is 15.0 Å². The first-order chi connectivity index (χ1) is 14.4. The van der Waals surface area contributed by atoms with Crippen LogP contribution < -0.4 is 15.0 Å². The highest BCUT2D eigenvalue weighted by Crippen LogP contribution is 2.33. The minimum Gasteiger partial charge on any atom is -0.494 e. The minimum atomic E-state index is -0.398. The van der Waals surface area contributed by atoms with Gasteiger partial charge in [-0.2, -0.15) is 0 Å². The molecule has 0 atom stereocenters. The molecule has 2 aromatic carbocycles. The van der Waals surface area contributed by atoms with Crippen molar-refractivity contribution in [2.45, 2.75) is 19.9 Å². The first kappa shape index (κ1) is 20.6. The number of nitrogens with one attached hydrogen (secondary N) is 1. The van der Waals surface area contributed by atoms with Crippen molar-refractivity contribution in [3.8, 4) is 5.75 Å². The Hall–Kier alpha value is -2.71. The fourth-order valence-corrected chi connectivity index (χ4v) is 4.57. The Bertz CT molecular complexity index is 1040. The number of carbonyl (C=O) groups is 1. The number of anilines is 2. The number of thiazole rings is 1. The molecule has 1 N–H and O–H groups in total. The van der Waals surface area contributed by atoms with Crippen LogP contribution in [0.3, 0.4) is 0 Å². The van der Waals surface area contributed by atoms with Crippen LogP contribution in [0.15, 0.2) is 36.4 Å². The lowest BCUT2D eigenvalue weighted by molar-refractivity contribution is 0.102. The molecule has 30 heavy (non-hydrogen) atoms. The third-order valence-electron chi connectivity index (χ3n) is 5.40. The van der Waals surface area contributed by atoms with Crippen molar-refractivity contribution in [1.29, 1.82) is 0 Å². The number of methoxy groups -OCH3 is 1. The van der Waals surface area contributed by atoms with Gasteiger partial charge in [-0.1, -0.05) is 11.3 Å². The second-order valence-corrected chi connectivity index (χ2v) is 8.62. The number of halogens is 1. The number of nitrogens with zero attached hydrogens (tertiary/aromatic N) is 3. The predicted molar refractivity (Wildman–Crippen MR) is 119 cm³/mol. The summed E-state index contributed by atoms with van der Waals surface area (Å²) in [5.74, 6) is -0.293. The monoisotopic (exact) mass is 428 g/mol. The summed E-state index contributed by atoms with van der Waals surface area (Å²) >= 11 is 1.22. The molecule has 1 amide bonds. The summed E-state index contributed by atoms with van der Waals surface area (Å²) in [4.78, 5) is 21.8. The zero-order valence-electron chi connectivity index (χ0n) is 17.3. The third-order valence-corrected chi connectivity index (χ3v) is 6.32. The molecule has 0 aliphatic carbocycles. The highest BCUT2D eigenvalue weighted by atomic mass is 32.1. The van der Waals surface area contributed by atoms with Gasteiger partial charge in [0, 0.05) is 49.5 Å². The van der Waals surface area contributed by atoms with Gasteiger partial charge in [-0.05, 0) is 44.2 Å². The zero-order chi connectivity index (χ0) is 21.3. The largest absolute Gasteiger partial charge is 0.494 e. The first-order valence-corrected chi connectivity index (χ1v) is 10.8. The van der Waals surface area contributed by atoms with Crippen molar-refractivity contribution in [2.24, 2.45) is 0 Å². The van der Waals surface area contributed by atoms with Gasteiger partial charge in [0.25, 0.3) is 5.91 Å². The smallest absolute Gasteiger partial charge is 0.257 e. The first-order valence-electron chi connectivity index (χ1n) is 9.99. The summed E-state index contributed by atoms with van der Waals surface area (Å²) in [7, 11) is 1.47. The zero-order valence-corrected chi connectivity index (χ0v) is 18.1. The summed E-state index contributed by atoms with van der Waals surface area (Å²) in [5, 5.41) is 3.22. The molecule has 1 saturated heterocycles. The molecule has 1 aromatic heterocycles. The van der Waals surface area contributed by atoms with Crippen LogP contribution in [0.5, 0.6) is 5.75 Å². The van der Waals surface area contributed by atoms with E-state index in [0.29, 0.717) is 32.7 Å². The standard InChI is InChI=1S/C22H25FN4O2S/c1-14(2)26-8-10-27(11-9-26)17-6-4-15(5-7-17)21(28)25-22-24-20-18(29-3)12-16(23)13-19(20)30-22/h4-7,12-14H,8-11H2,1-3H3,(H,24,25,28). The van der Waals surface area contributed by atoms with E-state index in [1.807, 2.05) is 24.3 Å². The molecule has 0 spiro atoms. The molecule has 4 rings (SSSR count). The lowest BCUT2D eigenvalue weighted by Crippen LogP contribution is -2.48. The van der Waals surface area contributed by atoms with Crippen LogP contribution in [-0.4, -0.2) is 55.1 Å². The fourth-order valence-electron chi connectivity index (χ4n) is 3.67. The van der Waals surface area contributed by atoms with Crippen LogP contribution in [0.1, 0.15) is 24.2 Å². The summed E-state index contributed by atoms with van der Waals surface area (Å²) < 4.78 is 19.5. The second kappa shape index (κ2) is 8.57. The van der Waals surface area contributed by atoms with Crippen molar-refractivity contribution in [3.05, 3.63) is 47.8 Å². The number of carbonyl (C=O) groups excluding carboxylic acids is 1. The average molecular weight is 429 g/mol. The molecule has 0 radical (unpaired) electrons. The Balaban J connectivity index is 1.44. The predicted octanol–water partition coefficient (Wildman–Crippen LogP) is 4.23. The summed E-state index contributed by atoms with van der Waals surface area (Å²) in [6, 6.07) is 10.9. The van der Waals surface area contributed by atoms with E-state index >= 15 is 0 Å². The van der Waals surface area contributed by atoms with Crippen molar-refractivity contribution >= 4 is 38.3 Å². The molecular formula is C22H25FN4O2S. The lowest BCUT2D eigenvalue weighted by atomic mass is 10.1. The Morgan fingerprint density at radius 3 is 2.50 bits per heavy atom. The number of fused-ring (bicyclic) bond motifs is 1. The number of hydrogen-bond acceptors (Lipinski definition) is 6. The number of rotatable bonds is 5. The van der Waals surface area contributed by atoms with Gasteiger partial charge in [0.15, 0.2) is 5.13 Å². The highest BCUT2D eigenvalue weighted by Gasteiger charge is 2.19. The van der Waals surface area contributed by atoms with Crippen molar-refractivity contribution in [2.75, 3.05) is 43.5 Å². The van der Waals surface area contributed by atoms with Gasteiger partial charge in [0.1, 0.15) is 17.1 Å². The SMILES string of the molecule is COc1cc(F)cc2sc(NC(=O)c3ccc(N4CCN(C(C)C)CC4)cc3)nc12. The average Bonchev–Trinajstić information content (AvgIpc) is 3.15. The Labute approximate surface area is 179 Å². The Morgan fingerprint density at radius 2 is 1.87 bits per heavy atom. The van der Waals surface area contributed by atoms with E-state index in [-0.39, 0.29) is 5.91 Å². The molecule has 2 heterocycles. The molecule has 8 heteroatoms. The number of ether oxygens (including phenoxy) is 1. The molecule has 0 bridgehead atoms. The highest BCUT2D eigenvalue weighted by molar-refractivity contribution is 7.22. The van der Waals surface area contributed by atoms with Gasteiger partial charge < -0.3 is 9.64 Å². The van der Waals surface area contributed by atoms with E-state index in [0.717, 1.165) is 31.9 Å². The van der Waals surface area contributed by atoms with Crippen LogP contribution in [-0.2, 0) is 0 Å². The van der Waals surface area contributed by atoms with Gasteiger partial charge in [0.05, 0.1) is 11.8 Å². The minimum absolute atomic E-state index is 0.246. The number of amides is 1. The van der Waals surface area contributed by atoms with Gasteiger partial charge in [0.2, 0.25) is 0 Å². The molecule has 1 fully saturated rings. The maximum absolute atomic E-state index is 13.7. The molecule has 1 aliphatic heterocycles. The van der Waals surface area contributed by atoms with Gasteiger partial charge in [-0.15, -0.1) is 0 Å². The van der Waals surface area contributed by atoms with Gasteiger partial charge in [-0.25, -0.2) is 9.37 Å². The van der Waals surface area contributed by atoms with E-state index in [4.69, 9.17) is 4.74 Å². The number of benzene rings is 2. The van der Waals surface area contributed by atoms with E-state index in [9.17, 15) is 9.18 Å². The summed E-state index contributed by atoms with van der Waals surface area (Å²) in [5.41, 5.74) is 2.21. The third kappa shape index (κ3) is 4.24. The van der Waals surface area contributed by atoms with E-state index < -0.39 is 5.82 Å². The molecule has 3 aromatic rings. The quantitative estimate of drug-likeness (QED) is 0.659. The second-order valence-electron chi connectivity index (χ2n) is 7.59. The van der Waals surface area contributed by atoms with Crippen LogP contribution in [0.2, 0.25) is 0 Å². The van der Waals surface area contributed by atoms with Crippen molar-refractivity contribution in [1.82, 2.24) is 9.88 Å². The Morgan fingerprint density at radius 1 is 1.17 bits per heavy atom. The normalized spacial score (nSPS) is 15.0. The Kier molecular flexibility index (Phi) is 5.87. The van der Waals surface area contributed by atoms with E-state index in [2.05, 4.69) is 33.9 Å². The van der Waals surface area contributed by atoms with E-state index in [1.165, 1.54) is 30.6 Å². The topological polar surface area (TPSA) is 57.7 Å². The summed E-state index contributed by atoms with van der Waals surface area (Å²) in [6.07, 6.45) is 0. The van der Waals surface area contributed by atoms with Gasteiger partial charge >= 0.3 is 0 Å². The van der Waals surface area contributed by atoms with Crippen LogP contribution in [0.25, 0.3) is 10.2 Å². The molecular weight excluding hydrogens is 403 g/mol. The summed E-state index contributed by atoms with van der Waals surface area (Å²) in [6.45, 7) is 8.49. The molecule has 0 unspecified atom stereocenters. The maximum Gasteiger partial charge on any atom is 0.257 e. The molecule has 1 aliphatic rings. The lowest BCUT2D eigenvalue weighted by Gasteiger charge is -2.38. The molecule has 158 valence electrons. The molecule has 0 saturated carbocycles. The van der Waals surface area contributed by atoms with Crippen LogP contribution >= 0.6 is 11.3 Å².